The lowest BCUT2D eigenvalue weighted by molar-refractivity contribution is 0.428. The van der Waals surface area contributed by atoms with Crippen LogP contribution in [0.4, 0.5) is 0 Å². The molecule has 0 aliphatic carbocycles. The molecule has 0 saturated carbocycles. The fourth-order valence-electron chi connectivity index (χ4n) is 1.35. The number of sulfonamides is 1. The number of hydrogen-bond acceptors (Lipinski definition) is 3. The largest absolute Gasteiger partial charge is 0.280 e. The minimum atomic E-state index is -3.07. The van der Waals surface area contributed by atoms with Crippen LogP contribution in [-0.2, 0) is 23.1 Å². The lowest BCUT2D eigenvalue weighted by atomic mass is 10.3. The number of fused-ring (bicyclic) bond motifs is 1. The van der Waals surface area contributed by atoms with Crippen LogP contribution in [0.5, 0.6) is 0 Å². The van der Waals surface area contributed by atoms with Gasteiger partial charge in [-0.25, -0.2) is 8.42 Å². The van der Waals surface area contributed by atoms with Gasteiger partial charge >= 0.3 is 0 Å². The molecule has 0 atom stereocenters. The van der Waals surface area contributed by atoms with E-state index < -0.39 is 10.0 Å². The van der Waals surface area contributed by atoms with Gasteiger partial charge in [-0.3, -0.25) is 5.10 Å². The van der Waals surface area contributed by atoms with E-state index >= 15 is 0 Å². The first-order chi connectivity index (χ1) is 6.13. The molecule has 0 spiro atoms. The fourth-order valence-corrected chi connectivity index (χ4v) is 2.36. The molecule has 71 valence electrons. The lowest BCUT2D eigenvalue weighted by Gasteiger charge is -2.13. The number of aromatic nitrogens is 2. The van der Waals surface area contributed by atoms with E-state index in [1.165, 1.54) is 4.31 Å². The van der Waals surface area contributed by atoms with Crippen molar-refractivity contribution in [2.24, 2.45) is 0 Å². The molecule has 1 aliphatic rings. The molecule has 5 nitrogen and oxygen atoms in total. The summed E-state index contributed by atoms with van der Waals surface area (Å²) in [5, 5.41) is 6.45. The smallest absolute Gasteiger partial charge is 0.214 e. The number of H-pyrrole nitrogens is 1. The summed E-state index contributed by atoms with van der Waals surface area (Å²) in [5.74, 6) is 0.144. The van der Waals surface area contributed by atoms with Crippen molar-refractivity contribution in [2.45, 2.75) is 20.0 Å². The minimum Gasteiger partial charge on any atom is -0.280 e. The molecular weight excluding hydrogens is 190 g/mol. The summed E-state index contributed by atoms with van der Waals surface area (Å²) >= 11 is 0. The molecule has 6 heteroatoms. The number of nitrogens with zero attached hydrogens (tertiary/aromatic N) is 2. The zero-order valence-corrected chi connectivity index (χ0v) is 8.06. The Kier molecular flexibility index (Phi) is 1.88. The van der Waals surface area contributed by atoms with E-state index in [4.69, 9.17) is 0 Å². The molecule has 2 rings (SSSR count). The summed E-state index contributed by atoms with van der Waals surface area (Å²) in [7, 11) is -3.07. The maximum atomic E-state index is 11.4. The van der Waals surface area contributed by atoms with Gasteiger partial charge in [0, 0.05) is 12.1 Å². The number of hydrogen-bond donors (Lipinski definition) is 1. The van der Waals surface area contributed by atoms with E-state index in [0.717, 1.165) is 11.3 Å². The van der Waals surface area contributed by atoms with Crippen molar-refractivity contribution < 1.29 is 8.42 Å². The van der Waals surface area contributed by atoms with E-state index in [1.807, 2.05) is 0 Å². The normalized spacial score (nSPS) is 17.6. The number of aromatic amines is 1. The Morgan fingerprint density at radius 1 is 1.62 bits per heavy atom. The summed E-state index contributed by atoms with van der Waals surface area (Å²) in [6.07, 6.45) is 2.73. The molecule has 1 radical (unpaired) electrons. The van der Waals surface area contributed by atoms with Gasteiger partial charge in [0.05, 0.1) is 18.0 Å². The van der Waals surface area contributed by atoms with Crippen LogP contribution in [0.3, 0.4) is 0 Å². The summed E-state index contributed by atoms with van der Waals surface area (Å²) in [5.41, 5.74) is 1.72. The van der Waals surface area contributed by atoms with Crippen molar-refractivity contribution >= 4 is 10.0 Å². The van der Waals surface area contributed by atoms with Gasteiger partial charge in [-0.2, -0.15) is 9.40 Å². The molecule has 1 aromatic rings. The molecule has 1 aliphatic heterocycles. The zero-order chi connectivity index (χ0) is 9.47. The molecule has 0 fully saturated rings. The maximum absolute atomic E-state index is 11.4. The highest BCUT2D eigenvalue weighted by Crippen LogP contribution is 2.22. The third-order valence-corrected chi connectivity index (χ3v) is 3.95. The Morgan fingerprint density at radius 3 is 3.00 bits per heavy atom. The third kappa shape index (κ3) is 1.36. The lowest BCUT2D eigenvalue weighted by Crippen LogP contribution is -2.27. The predicted octanol–water partition coefficient (Wildman–Crippen LogP) is -0.125. The first kappa shape index (κ1) is 8.71. The molecule has 1 aromatic heterocycles. The van der Waals surface area contributed by atoms with E-state index in [9.17, 15) is 8.42 Å². The molecule has 0 amide bonds. The molecule has 0 bridgehead atoms. The summed E-state index contributed by atoms with van der Waals surface area (Å²) in [4.78, 5) is 0. The Hall–Kier alpha value is -0.880. The second-order valence-corrected chi connectivity index (χ2v) is 5.22. The number of nitrogens with one attached hydrogen (secondary N) is 1. The van der Waals surface area contributed by atoms with Crippen molar-refractivity contribution in [1.29, 1.82) is 0 Å². The Bertz CT molecular complexity index is 389. The van der Waals surface area contributed by atoms with Crippen LogP contribution in [0.15, 0.2) is 0 Å². The van der Waals surface area contributed by atoms with Crippen molar-refractivity contribution in [1.82, 2.24) is 14.5 Å². The fraction of sp³-hybridized carbons (Fsp3) is 0.571. The van der Waals surface area contributed by atoms with Gasteiger partial charge in [0.25, 0.3) is 0 Å². The maximum Gasteiger partial charge on any atom is 0.214 e. The monoisotopic (exact) mass is 200 g/mol. The standard InChI is InChI=1S/C7H10N3O2S/c1-2-13(11,12)10-4-6-3-8-9-7(6)5-10/h2,4-5H2,1H3,(H,8,9). The number of rotatable bonds is 2. The highest BCUT2D eigenvalue weighted by molar-refractivity contribution is 7.89. The zero-order valence-electron chi connectivity index (χ0n) is 7.24. The van der Waals surface area contributed by atoms with Crippen LogP contribution in [0.1, 0.15) is 18.2 Å². The quantitative estimate of drug-likeness (QED) is 0.723. The van der Waals surface area contributed by atoms with Crippen LogP contribution in [-0.4, -0.2) is 28.7 Å². The van der Waals surface area contributed by atoms with E-state index in [-0.39, 0.29) is 5.75 Å². The van der Waals surface area contributed by atoms with Crippen molar-refractivity contribution in [3.63, 3.8) is 0 Å². The third-order valence-electron chi connectivity index (χ3n) is 2.17. The highest BCUT2D eigenvalue weighted by Gasteiger charge is 2.29. The van der Waals surface area contributed by atoms with E-state index in [2.05, 4.69) is 16.4 Å². The van der Waals surface area contributed by atoms with E-state index in [1.54, 1.807) is 6.92 Å². The highest BCUT2D eigenvalue weighted by atomic mass is 32.2. The summed E-state index contributed by atoms with van der Waals surface area (Å²) in [6.45, 7) is 2.45. The van der Waals surface area contributed by atoms with Gasteiger partial charge in [0.1, 0.15) is 6.20 Å². The Labute approximate surface area is 76.8 Å². The van der Waals surface area contributed by atoms with Crippen LogP contribution < -0.4 is 0 Å². The van der Waals surface area contributed by atoms with E-state index in [0.29, 0.717) is 13.1 Å². The summed E-state index contributed by atoms with van der Waals surface area (Å²) in [6, 6.07) is 0. The van der Waals surface area contributed by atoms with Gasteiger partial charge in [0.15, 0.2) is 0 Å². The molecule has 1 N–H and O–H groups in total. The average molecular weight is 200 g/mol. The van der Waals surface area contributed by atoms with Crippen molar-refractivity contribution in [2.75, 3.05) is 5.75 Å². The molecule has 2 heterocycles. The van der Waals surface area contributed by atoms with Crippen LogP contribution in [0.25, 0.3) is 0 Å². The van der Waals surface area contributed by atoms with Crippen molar-refractivity contribution in [3.05, 3.63) is 17.5 Å². The van der Waals surface area contributed by atoms with Gasteiger partial charge in [-0.15, -0.1) is 0 Å². The molecule has 0 aromatic carbocycles. The predicted molar refractivity (Wildman–Crippen MR) is 46.1 cm³/mol. The SMILES string of the molecule is CCS(=O)(=O)N1Cc2[c]n[nH]c2C1. The topological polar surface area (TPSA) is 66.1 Å². The molecular formula is C7H10N3O2S. The van der Waals surface area contributed by atoms with Crippen LogP contribution in [0.2, 0.25) is 0 Å². The van der Waals surface area contributed by atoms with Gasteiger partial charge in [0.2, 0.25) is 10.0 Å². The van der Waals surface area contributed by atoms with Gasteiger partial charge in [-0.1, -0.05) is 0 Å². The first-order valence-electron chi connectivity index (χ1n) is 4.05. The van der Waals surface area contributed by atoms with Gasteiger partial charge < -0.3 is 0 Å². The molecule has 0 saturated heterocycles. The average Bonchev–Trinajstić information content (AvgIpc) is 2.61. The van der Waals surface area contributed by atoms with Crippen LogP contribution in [0, 0.1) is 6.20 Å². The Balaban J connectivity index is 2.24. The summed E-state index contributed by atoms with van der Waals surface area (Å²) < 4.78 is 24.3. The minimum absolute atomic E-state index is 0.144. The second-order valence-electron chi connectivity index (χ2n) is 2.96. The van der Waals surface area contributed by atoms with Gasteiger partial charge in [-0.05, 0) is 6.92 Å². The first-order valence-corrected chi connectivity index (χ1v) is 5.66. The van der Waals surface area contributed by atoms with Crippen LogP contribution >= 0.6 is 0 Å². The Morgan fingerprint density at radius 2 is 2.38 bits per heavy atom. The molecule has 0 unspecified atom stereocenters. The van der Waals surface area contributed by atoms with Crippen molar-refractivity contribution in [3.8, 4) is 0 Å². The molecule has 13 heavy (non-hydrogen) atoms. The second kappa shape index (κ2) is 2.81.